The number of rotatable bonds is 5. The Bertz CT molecular complexity index is 653. The predicted octanol–water partition coefficient (Wildman–Crippen LogP) is 1.94. The summed E-state index contributed by atoms with van der Waals surface area (Å²) in [7, 11) is 0. The van der Waals surface area contributed by atoms with E-state index in [2.05, 4.69) is 5.32 Å². The number of hydrogen-bond acceptors (Lipinski definition) is 3. The highest BCUT2D eigenvalue weighted by Crippen LogP contribution is 2.30. The van der Waals surface area contributed by atoms with Crippen LogP contribution in [0.15, 0.2) is 30.3 Å². The zero-order valence-corrected chi connectivity index (χ0v) is 14.2. The molecular formula is C19H24N2O4. The zero-order chi connectivity index (χ0) is 17.9. The fraction of sp³-hybridized carbons (Fsp3) is 0.526. The fourth-order valence-electron chi connectivity index (χ4n) is 3.79. The fourth-order valence-corrected chi connectivity index (χ4v) is 3.79. The normalized spacial score (nSPS) is 22.6. The minimum atomic E-state index is -1.16. The van der Waals surface area contributed by atoms with E-state index in [4.69, 9.17) is 0 Å². The van der Waals surface area contributed by atoms with Crippen LogP contribution in [0.5, 0.6) is 0 Å². The van der Waals surface area contributed by atoms with Gasteiger partial charge >= 0.3 is 5.97 Å². The lowest BCUT2D eigenvalue weighted by atomic mass is 9.81. The van der Waals surface area contributed by atoms with E-state index in [0.717, 1.165) is 24.8 Å². The third-order valence-electron chi connectivity index (χ3n) is 5.28. The van der Waals surface area contributed by atoms with Crippen molar-refractivity contribution in [2.45, 2.75) is 50.6 Å². The number of carbonyl (C=O) groups excluding carboxylic acids is 2. The molecule has 0 aromatic heterocycles. The number of carbonyl (C=O) groups is 3. The molecule has 1 saturated heterocycles. The number of nitrogens with one attached hydrogen (secondary N) is 1. The van der Waals surface area contributed by atoms with Gasteiger partial charge in [0.1, 0.15) is 5.54 Å². The molecule has 25 heavy (non-hydrogen) atoms. The Balaban J connectivity index is 1.63. The molecule has 0 spiro atoms. The van der Waals surface area contributed by atoms with Crippen LogP contribution in [0.25, 0.3) is 0 Å². The first-order valence-corrected chi connectivity index (χ1v) is 8.87. The molecule has 2 fully saturated rings. The lowest BCUT2D eigenvalue weighted by molar-refractivity contribution is -0.150. The maximum absolute atomic E-state index is 12.6. The number of amides is 2. The Morgan fingerprint density at radius 3 is 2.48 bits per heavy atom. The zero-order valence-electron chi connectivity index (χ0n) is 14.2. The number of benzene rings is 1. The van der Waals surface area contributed by atoms with Gasteiger partial charge in [-0.05, 0) is 18.4 Å². The Labute approximate surface area is 147 Å². The summed E-state index contributed by atoms with van der Waals surface area (Å²) in [5.74, 6) is -1.81. The summed E-state index contributed by atoms with van der Waals surface area (Å²) in [4.78, 5) is 38.2. The molecule has 1 heterocycles. The van der Waals surface area contributed by atoms with E-state index in [1.165, 1.54) is 0 Å². The van der Waals surface area contributed by atoms with E-state index in [1.54, 1.807) is 4.90 Å². The Morgan fingerprint density at radius 2 is 1.84 bits per heavy atom. The van der Waals surface area contributed by atoms with E-state index < -0.39 is 17.4 Å². The summed E-state index contributed by atoms with van der Waals surface area (Å²) in [6.07, 6.45) is 3.67. The molecule has 1 saturated carbocycles. The van der Waals surface area contributed by atoms with Gasteiger partial charge < -0.3 is 15.3 Å². The Morgan fingerprint density at radius 1 is 1.16 bits per heavy atom. The van der Waals surface area contributed by atoms with Crippen LogP contribution in [0.1, 0.15) is 44.1 Å². The third kappa shape index (κ3) is 3.83. The number of carboxylic acids is 1. The molecule has 0 radical (unpaired) electrons. The van der Waals surface area contributed by atoms with E-state index in [9.17, 15) is 19.5 Å². The van der Waals surface area contributed by atoms with E-state index >= 15 is 0 Å². The maximum atomic E-state index is 12.6. The van der Waals surface area contributed by atoms with Crippen LogP contribution in [0.2, 0.25) is 0 Å². The smallest absolute Gasteiger partial charge is 0.329 e. The monoisotopic (exact) mass is 344 g/mol. The minimum absolute atomic E-state index is 0.0583. The second-order valence-corrected chi connectivity index (χ2v) is 7.10. The third-order valence-corrected chi connectivity index (χ3v) is 5.28. The van der Waals surface area contributed by atoms with Gasteiger partial charge in [0.25, 0.3) is 0 Å². The van der Waals surface area contributed by atoms with Gasteiger partial charge in [0, 0.05) is 19.5 Å². The molecule has 1 aromatic rings. The van der Waals surface area contributed by atoms with Gasteiger partial charge in [0.05, 0.1) is 5.92 Å². The van der Waals surface area contributed by atoms with Gasteiger partial charge in [0.15, 0.2) is 0 Å². The van der Waals surface area contributed by atoms with Crippen LogP contribution < -0.4 is 5.32 Å². The number of carboxylic acid groups (broad SMARTS) is 1. The Hall–Kier alpha value is -2.37. The number of likely N-dealkylation sites (tertiary alicyclic amines) is 1. The molecule has 6 nitrogen and oxygen atoms in total. The van der Waals surface area contributed by atoms with Gasteiger partial charge in [0.2, 0.25) is 11.8 Å². The maximum Gasteiger partial charge on any atom is 0.329 e. The summed E-state index contributed by atoms with van der Waals surface area (Å²) in [5, 5.41) is 12.3. The number of hydrogen-bond donors (Lipinski definition) is 2. The van der Waals surface area contributed by atoms with Gasteiger partial charge in [-0.15, -0.1) is 0 Å². The molecule has 1 aliphatic carbocycles. The van der Waals surface area contributed by atoms with Crippen LogP contribution >= 0.6 is 0 Å². The summed E-state index contributed by atoms with van der Waals surface area (Å²) in [5.41, 5.74) is -0.142. The quantitative estimate of drug-likeness (QED) is 0.855. The van der Waals surface area contributed by atoms with Crippen molar-refractivity contribution in [3.05, 3.63) is 35.9 Å². The van der Waals surface area contributed by atoms with Crippen molar-refractivity contribution in [3.63, 3.8) is 0 Å². The predicted molar refractivity (Wildman–Crippen MR) is 91.6 cm³/mol. The summed E-state index contributed by atoms with van der Waals surface area (Å²) in [6.45, 7) is 0.822. The summed E-state index contributed by atoms with van der Waals surface area (Å²) < 4.78 is 0. The van der Waals surface area contributed by atoms with E-state index in [1.807, 2.05) is 30.3 Å². The van der Waals surface area contributed by atoms with Gasteiger partial charge in [-0.1, -0.05) is 49.6 Å². The lowest BCUT2D eigenvalue weighted by Gasteiger charge is -2.34. The molecule has 0 bridgehead atoms. The highest BCUT2D eigenvalue weighted by molar-refractivity contribution is 5.92. The van der Waals surface area contributed by atoms with Crippen molar-refractivity contribution in [1.29, 1.82) is 0 Å². The van der Waals surface area contributed by atoms with E-state index in [0.29, 0.717) is 25.9 Å². The first-order valence-electron chi connectivity index (χ1n) is 8.87. The van der Waals surface area contributed by atoms with Crippen LogP contribution in [-0.4, -0.2) is 39.9 Å². The lowest BCUT2D eigenvalue weighted by Crippen LogP contribution is -2.57. The first kappa shape index (κ1) is 17.5. The topological polar surface area (TPSA) is 86.7 Å². The molecule has 1 aromatic carbocycles. The number of nitrogens with zero attached hydrogens (tertiary/aromatic N) is 1. The highest BCUT2D eigenvalue weighted by Gasteiger charge is 2.44. The molecule has 0 unspecified atom stereocenters. The summed E-state index contributed by atoms with van der Waals surface area (Å²) in [6, 6.07) is 9.64. The Kier molecular flexibility index (Phi) is 5.06. The first-order chi connectivity index (χ1) is 12.0. The van der Waals surface area contributed by atoms with Crippen molar-refractivity contribution in [2.24, 2.45) is 5.92 Å². The molecular weight excluding hydrogens is 320 g/mol. The highest BCUT2D eigenvalue weighted by atomic mass is 16.4. The van der Waals surface area contributed by atoms with Crippen LogP contribution in [0.3, 0.4) is 0 Å². The minimum Gasteiger partial charge on any atom is -0.480 e. The average Bonchev–Trinajstić information content (AvgIpc) is 2.97. The molecule has 2 amide bonds. The van der Waals surface area contributed by atoms with Crippen LogP contribution in [-0.2, 0) is 20.9 Å². The van der Waals surface area contributed by atoms with Crippen molar-refractivity contribution >= 4 is 17.8 Å². The number of aliphatic carboxylic acids is 1. The molecule has 134 valence electrons. The van der Waals surface area contributed by atoms with Crippen molar-refractivity contribution in [3.8, 4) is 0 Å². The van der Waals surface area contributed by atoms with Gasteiger partial charge in [-0.2, -0.15) is 0 Å². The van der Waals surface area contributed by atoms with Gasteiger partial charge in [-0.25, -0.2) is 4.79 Å². The van der Waals surface area contributed by atoms with Crippen LogP contribution in [0.4, 0.5) is 0 Å². The molecule has 2 N–H and O–H groups in total. The van der Waals surface area contributed by atoms with Crippen molar-refractivity contribution in [1.82, 2.24) is 10.2 Å². The van der Waals surface area contributed by atoms with E-state index in [-0.39, 0.29) is 18.2 Å². The van der Waals surface area contributed by atoms with Crippen molar-refractivity contribution < 1.29 is 19.5 Å². The SMILES string of the molecule is O=C(NC1(C(=O)O)CCCCC1)[C@H]1CC(=O)N(Cc2ccccc2)C1. The molecule has 1 aliphatic heterocycles. The second-order valence-electron chi connectivity index (χ2n) is 7.10. The molecule has 3 rings (SSSR count). The summed E-state index contributed by atoms with van der Waals surface area (Å²) >= 11 is 0. The van der Waals surface area contributed by atoms with Gasteiger partial charge in [-0.3, -0.25) is 9.59 Å². The molecule has 2 aliphatic rings. The second kappa shape index (κ2) is 7.25. The molecule has 1 atom stereocenters. The van der Waals surface area contributed by atoms with Crippen molar-refractivity contribution in [2.75, 3.05) is 6.54 Å². The molecule has 6 heteroatoms. The standard InChI is InChI=1S/C19H24N2O4/c22-16-11-15(13-21(16)12-14-7-3-1-4-8-14)17(23)20-19(18(24)25)9-5-2-6-10-19/h1,3-4,7-8,15H,2,5-6,9-13H2,(H,20,23)(H,24,25)/t15-/m0/s1. The average molecular weight is 344 g/mol. The van der Waals surface area contributed by atoms with Crippen LogP contribution in [0, 0.1) is 5.92 Å². The largest absolute Gasteiger partial charge is 0.480 e.